The van der Waals surface area contributed by atoms with Crippen molar-refractivity contribution in [2.45, 2.75) is 52.4 Å². The van der Waals surface area contributed by atoms with Crippen LogP contribution in [0.2, 0.25) is 0 Å². The van der Waals surface area contributed by atoms with E-state index in [0.29, 0.717) is 32.5 Å². The molecule has 6 nitrogen and oxygen atoms in total. The second-order valence-electron chi connectivity index (χ2n) is 7.19. The summed E-state index contributed by atoms with van der Waals surface area (Å²) in [6.45, 7) is 6.62. The van der Waals surface area contributed by atoms with E-state index in [1.807, 2.05) is 36.1 Å². The summed E-state index contributed by atoms with van der Waals surface area (Å²) < 4.78 is 10.8. The van der Waals surface area contributed by atoms with E-state index in [4.69, 9.17) is 9.47 Å². The molecule has 1 aliphatic rings. The van der Waals surface area contributed by atoms with Gasteiger partial charge in [-0.15, -0.1) is 0 Å². The van der Waals surface area contributed by atoms with Crippen molar-refractivity contribution in [1.82, 2.24) is 4.90 Å². The molecule has 6 heteroatoms. The van der Waals surface area contributed by atoms with Gasteiger partial charge in [0.1, 0.15) is 5.75 Å². The highest BCUT2D eigenvalue weighted by Gasteiger charge is 2.27. The van der Waals surface area contributed by atoms with Gasteiger partial charge in [0, 0.05) is 18.8 Å². The van der Waals surface area contributed by atoms with E-state index in [9.17, 15) is 9.59 Å². The highest BCUT2D eigenvalue weighted by molar-refractivity contribution is 5.81. The molecule has 0 aliphatic carbocycles. The molecule has 1 saturated heterocycles. The molecule has 1 aromatic rings. The van der Waals surface area contributed by atoms with Crippen molar-refractivity contribution >= 4 is 17.6 Å². The standard InChI is InChI=1S/C22H34N2O4/c1-3-5-6-7-16-28-20-10-8-19(9-11-20)23-17-21(25)24-14-12-18(13-15-24)22(26)27-4-2/h8-11,18,23H,3-7,12-17H2,1-2H3. The van der Waals surface area contributed by atoms with Crippen molar-refractivity contribution in [2.75, 3.05) is 38.2 Å². The monoisotopic (exact) mass is 390 g/mol. The van der Waals surface area contributed by atoms with Gasteiger partial charge in [0.25, 0.3) is 0 Å². The maximum Gasteiger partial charge on any atom is 0.309 e. The number of hydrogen-bond donors (Lipinski definition) is 1. The lowest BCUT2D eigenvalue weighted by molar-refractivity contribution is -0.151. The number of anilines is 1. The molecular weight excluding hydrogens is 356 g/mol. The zero-order valence-electron chi connectivity index (χ0n) is 17.2. The molecule has 0 spiro atoms. The first kappa shape index (κ1) is 22.1. The third-order valence-electron chi connectivity index (χ3n) is 5.03. The molecule has 0 bridgehead atoms. The van der Waals surface area contributed by atoms with Gasteiger partial charge < -0.3 is 19.7 Å². The van der Waals surface area contributed by atoms with Gasteiger partial charge in [-0.25, -0.2) is 0 Å². The number of esters is 1. The Morgan fingerprint density at radius 3 is 2.43 bits per heavy atom. The fourth-order valence-corrected chi connectivity index (χ4v) is 3.30. The zero-order chi connectivity index (χ0) is 20.2. The summed E-state index contributed by atoms with van der Waals surface area (Å²) in [6.07, 6.45) is 6.11. The van der Waals surface area contributed by atoms with E-state index >= 15 is 0 Å². The Morgan fingerprint density at radius 2 is 1.79 bits per heavy atom. The molecule has 1 aliphatic heterocycles. The van der Waals surface area contributed by atoms with Crippen molar-refractivity contribution in [2.24, 2.45) is 5.92 Å². The number of amides is 1. The molecule has 0 unspecified atom stereocenters. The van der Waals surface area contributed by atoms with E-state index in [2.05, 4.69) is 12.2 Å². The second-order valence-corrected chi connectivity index (χ2v) is 7.19. The molecule has 156 valence electrons. The van der Waals surface area contributed by atoms with Crippen LogP contribution in [0.1, 0.15) is 52.4 Å². The highest BCUT2D eigenvalue weighted by Crippen LogP contribution is 2.19. The van der Waals surface area contributed by atoms with E-state index in [1.165, 1.54) is 19.3 Å². The first-order valence-electron chi connectivity index (χ1n) is 10.5. The summed E-state index contributed by atoms with van der Waals surface area (Å²) in [6, 6.07) is 7.72. The lowest BCUT2D eigenvalue weighted by atomic mass is 9.97. The van der Waals surface area contributed by atoms with Gasteiger partial charge in [0.2, 0.25) is 5.91 Å². The van der Waals surface area contributed by atoms with Gasteiger partial charge in [-0.3, -0.25) is 9.59 Å². The summed E-state index contributed by atoms with van der Waals surface area (Å²) in [5.41, 5.74) is 0.896. The maximum absolute atomic E-state index is 12.4. The Kier molecular flexibility index (Phi) is 9.66. The number of carbonyl (C=O) groups is 2. The van der Waals surface area contributed by atoms with E-state index < -0.39 is 0 Å². The average molecular weight is 391 g/mol. The Labute approximate surface area is 168 Å². The molecule has 0 aromatic heterocycles. The zero-order valence-corrected chi connectivity index (χ0v) is 17.2. The lowest BCUT2D eigenvalue weighted by Gasteiger charge is -2.31. The van der Waals surface area contributed by atoms with Gasteiger partial charge in [-0.05, 0) is 50.5 Å². The number of ether oxygens (including phenoxy) is 2. The fraction of sp³-hybridized carbons (Fsp3) is 0.636. The SMILES string of the molecule is CCCCCCOc1ccc(NCC(=O)N2CCC(C(=O)OCC)CC2)cc1. The molecule has 28 heavy (non-hydrogen) atoms. The van der Waals surface area contributed by atoms with Gasteiger partial charge in [-0.1, -0.05) is 26.2 Å². The number of nitrogens with one attached hydrogen (secondary N) is 1. The Bertz CT molecular complexity index is 595. The van der Waals surface area contributed by atoms with Crippen LogP contribution in [-0.2, 0) is 14.3 Å². The number of unbranched alkanes of at least 4 members (excludes halogenated alkanes) is 3. The van der Waals surface area contributed by atoms with Gasteiger partial charge in [0.15, 0.2) is 0 Å². The van der Waals surface area contributed by atoms with Crippen LogP contribution in [0.4, 0.5) is 5.69 Å². The minimum absolute atomic E-state index is 0.0542. The fourth-order valence-electron chi connectivity index (χ4n) is 3.30. The third kappa shape index (κ3) is 7.41. The van der Waals surface area contributed by atoms with Crippen LogP contribution < -0.4 is 10.1 Å². The molecule has 0 radical (unpaired) electrons. The van der Waals surface area contributed by atoms with Crippen molar-refractivity contribution in [3.8, 4) is 5.75 Å². The lowest BCUT2D eigenvalue weighted by Crippen LogP contribution is -2.43. The van der Waals surface area contributed by atoms with Gasteiger partial charge in [-0.2, -0.15) is 0 Å². The number of nitrogens with zero attached hydrogens (tertiary/aromatic N) is 1. The number of likely N-dealkylation sites (tertiary alicyclic amines) is 1. The first-order chi connectivity index (χ1) is 13.6. The minimum Gasteiger partial charge on any atom is -0.494 e. The van der Waals surface area contributed by atoms with Crippen LogP contribution in [0.25, 0.3) is 0 Å². The molecule has 0 saturated carbocycles. The summed E-state index contributed by atoms with van der Waals surface area (Å²) in [5, 5.41) is 3.17. The van der Waals surface area contributed by atoms with E-state index in [-0.39, 0.29) is 24.3 Å². The van der Waals surface area contributed by atoms with Crippen molar-refractivity contribution < 1.29 is 19.1 Å². The van der Waals surface area contributed by atoms with Crippen molar-refractivity contribution in [1.29, 1.82) is 0 Å². The molecule has 1 N–H and O–H groups in total. The largest absolute Gasteiger partial charge is 0.494 e. The molecule has 1 amide bonds. The predicted octanol–water partition coefficient (Wildman–Crippen LogP) is 3.86. The predicted molar refractivity (Wildman–Crippen MR) is 111 cm³/mol. The number of rotatable bonds is 11. The highest BCUT2D eigenvalue weighted by atomic mass is 16.5. The summed E-state index contributed by atoms with van der Waals surface area (Å²) in [7, 11) is 0. The Balaban J connectivity index is 1.66. The minimum atomic E-state index is -0.139. The number of benzene rings is 1. The molecule has 1 aromatic carbocycles. The van der Waals surface area contributed by atoms with Crippen LogP contribution in [0.5, 0.6) is 5.75 Å². The summed E-state index contributed by atoms with van der Waals surface area (Å²) >= 11 is 0. The van der Waals surface area contributed by atoms with Crippen LogP contribution >= 0.6 is 0 Å². The maximum atomic E-state index is 12.4. The Morgan fingerprint density at radius 1 is 1.07 bits per heavy atom. The van der Waals surface area contributed by atoms with Crippen LogP contribution in [0.15, 0.2) is 24.3 Å². The normalized spacial score (nSPS) is 14.6. The smallest absolute Gasteiger partial charge is 0.309 e. The van der Waals surface area contributed by atoms with Crippen LogP contribution in [0, 0.1) is 5.92 Å². The molecule has 2 rings (SSSR count). The molecular formula is C22H34N2O4. The summed E-state index contributed by atoms with van der Waals surface area (Å²) in [5.74, 6) is 0.694. The molecule has 0 atom stereocenters. The van der Waals surface area contributed by atoms with E-state index in [0.717, 1.165) is 24.5 Å². The van der Waals surface area contributed by atoms with Gasteiger partial charge >= 0.3 is 5.97 Å². The van der Waals surface area contributed by atoms with Crippen molar-refractivity contribution in [3.05, 3.63) is 24.3 Å². The average Bonchev–Trinajstić information content (AvgIpc) is 2.73. The number of piperidine rings is 1. The van der Waals surface area contributed by atoms with Gasteiger partial charge in [0.05, 0.1) is 25.7 Å². The summed E-state index contributed by atoms with van der Waals surface area (Å²) in [4.78, 5) is 26.0. The van der Waals surface area contributed by atoms with Crippen LogP contribution in [-0.4, -0.2) is 49.6 Å². The third-order valence-corrected chi connectivity index (χ3v) is 5.03. The molecule has 1 heterocycles. The topological polar surface area (TPSA) is 67.9 Å². The first-order valence-corrected chi connectivity index (χ1v) is 10.5. The van der Waals surface area contributed by atoms with Crippen LogP contribution in [0.3, 0.4) is 0 Å². The number of hydrogen-bond acceptors (Lipinski definition) is 5. The van der Waals surface area contributed by atoms with Crippen molar-refractivity contribution in [3.63, 3.8) is 0 Å². The number of carbonyl (C=O) groups excluding carboxylic acids is 2. The molecule has 1 fully saturated rings. The quantitative estimate of drug-likeness (QED) is 0.459. The Hall–Kier alpha value is -2.24. The van der Waals surface area contributed by atoms with E-state index in [1.54, 1.807) is 0 Å². The second kappa shape index (κ2) is 12.3.